The van der Waals surface area contributed by atoms with Crippen LogP contribution in [0, 0.1) is 0 Å². The van der Waals surface area contributed by atoms with Crippen LogP contribution >= 0.6 is 0 Å². The average molecular weight is 247 g/mol. The molecule has 0 aromatic carbocycles. The van der Waals surface area contributed by atoms with E-state index >= 15 is 0 Å². The van der Waals surface area contributed by atoms with Gasteiger partial charge >= 0.3 is 0 Å². The van der Waals surface area contributed by atoms with E-state index in [0.29, 0.717) is 0 Å². The number of likely N-dealkylation sites (N-methyl/N-ethyl adjacent to an activating group) is 1. The number of nitrogens with zero attached hydrogens (tertiary/aromatic N) is 2. The van der Waals surface area contributed by atoms with E-state index in [-0.39, 0.29) is 6.04 Å². The van der Waals surface area contributed by atoms with Crippen molar-refractivity contribution in [3.05, 3.63) is 23.4 Å². The number of carbonyl (C=O) groups is 1. The van der Waals surface area contributed by atoms with Gasteiger partial charge < -0.3 is 10.2 Å². The summed E-state index contributed by atoms with van der Waals surface area (Å²) in [4.78, 5) is 17.3. The highest BCUT2D eigenvalue weighted by molar-refractivity contribution is 5.48. The number of aryl methyl sites for hydroxylation is 1. The van der Waals surface area contributed by atoms with Crippen molar-refractivity contribution >= 4 is 12.2 Å². The minimum absolute atomic E-state index is 0.196. The van der Waals surface area contributed by atoms with Crippen LogP contribution in [0.25, 0.3) is 0 Å². The van der Waals surface area contributed by atoms with E-state index < -0.39 is 0 Å². The Kier molecular flexibility index (Phi) is 4.18. The Hall–Kier alpha value is -1.58. The Morgan fingerprint density at radius 1 is 1.56 bits per heavy atom. The Morgan fingerprint density at radius 3 is 3.11 bits per heavy atom. The van der Waals surface area contributed by atoms with E-state index in [4.69, 9.17) is 0 Å². The first kappa shape index (κ1) is 12.9. The standard InChI is InChI=1S/C14H21N3O/c1-3-17(10-18)11(2)9-13-7-6-12-5-4-8-15-14(12)16-13/h6-7,10-11H,3-5,8-9H2,1-2H3,(H,15,16). The summed E-state index contributed by atoms with van der Waals surface area (Å²) < 4.78 is 0. The summed E-state index contributed by atoms with van der Waals surface area (Å²) in [5.41, 5.74) is 2.36. The molecule has 1 aliphatic heterocycles. The maximum atomic E-state index is 10.9. The number of amides is 1. The number of hydrogen-bond donors (Lipinski definition) is 1. The molecule has 18 heavy (non-hydrogen) atoms. The summed E-state index contributed by atoms with van der Waals surface area (Å²) in [7, 11) is 0. The lowest BCUT2D eigenvalue weighted by Crippen LogP contribution is -2.33. The molecule has 2 heterocycles. The molecule has 1 aliphatic rings. The molecule has 4 heteroatoms. The van der Waals surface area contributed by atoms with Gasteiger partial charge in [-0.2, -0.15) is 0 Å². The maximum Gasteiger partial charge on any atom is 0.209 e. The van der Waals surface area contributed by atoms with Gasteiger partial charge in [-0.15, -0.1) is 0 Å². The third-order valence-electron chi connectivity index (χ3n) is 3.52. The summed E-state index contributed by atoms with van der Waals surface area (Å²) in [5.74, 6) is 1.03. The van der Waals surface area contributed by atoms with Crippen molar-refractivity contribution < 1.29 is 4.79 Å². The van der Waals surface area contributed by atoms with Crippen LogP contribution in [0.1, 0.15) is 31.5 Å². The Bertz CT molecular complexity index is 420. The summed E-state index contributed by atoms with van der Waals surface area (Å²) in [6, 6.07) is 4.44. The smallest absolute Gasteiger partial charge is 0.209 e. The maximum absolute atomic E-state index is 10.9. The lowest BCUT2D eigenvalue weighted by atomic mass is 10.1. The zero-order chi connectivity index (χ0) is 13.0. The van der Waals surface area contributed by atoms with Crippen LogP contribution in [0.5, 0.6) is 0 Å². The molecule has 98 valence electrons. The minimum Gasteiger partial charge on any atom is -0.370 e. The molecule has 2 rings (SSSR count). The summed E-state index contributed by atoms with van der Waals surface area (Å²) >= 11 is 0. The van der Waals surface area contributed by atoms with E-state index in [0.717, 1.165) is 43.9 Å². The number of hydrogen-bond acceptors (Lipinski definition) is 3. The van der Waals surface area contributed by atoms with E-state index in [9.17, 15) is 4.79 Å². The summed E-state index contributed by atoms with van der Waals surface area (Å²) in [6.45, 7) is 5.81. The lowest BCUT2D eigenvalue weighted by Gasteiger charge is -2.24. The SMILES string of the molecule is CCN(C=O)C(C)Cc1ccc2c(n1)NCCC2. The monoisotopic (exact) mass is 247 g/mol. The molecule has 1 aromatic rings. The van der Waals surface area contributed by atoms with Crippen LogP contribution in [0.3, 0.4) is 0 Å². The molecule has 4 nitrogen and oxygen atoms in total. The first-order chi connectivity index (χ1) is 8.74. The molecule has 0 bridgehead atoms. The fourth-order valence-corrected chi connectivity index (χ4v) is 2.39. The van der Waals surface area contributed by atoms with Gasteiger partial charge in [0.05, 0.1) is 0 Å². The molecule has 0 aliphatic carbocycles. The van der Waals surface area contributed by atoms with E-state index in [1.54, 1.807) is 4.90 Å². The number of fused-ring (bicyclic) bond motifs is 1. The predicted octanol–water partition coefficient (Wildman–Crippen LogP) is 1.85. The van der Waals surface area contributed by atoms with Crippen molar-refractivity contribution in [2.75, 3.05) is 18.4 Å². The van der Waals surface area contributed by atoms with Crippen LogP contribution < -0.4 is 5.32 Å². The normalized spacial score (nSPS) is 15.4. The Labute approximate surface area is 108 Å². The predicted molar refractivity (Wildman–Crippen MR) is 72.7 cm³/mol. The topological polar surface area (TPSA) is 45.2 Å². The largest absolute Gasteiger partial charge is 0.370 e. The second-order valence-corrected chi connectivity index (χ2v) is 4.83. The van der Waals surface area contributed by atoms with E-state index in [1.807, 2.05) is 6.92 Å². The fourth-order valence-electron chi connectivity index (χ4n) is 2.39. The molecule has 1 unspecified atom stereocenters. The van der Waals surface area contributed by atoms with Gasteiger partial charge in [-0.3, -0.25) is 4.79 Å². The van der Waals surface area contributed by atoms with Gasteiger partial charge in [0.2, 0.25) is 6.41 Å². The first-order valence-electron chi connectivity index (χ1n) is 6.68. The second-order valence-electron chi connectivity index (χ2n) is 4.83. The number of aromatic nitrogens is 1. The number of anilines is 1. The van der Waals surface area contributed by atoms with Crippen LogP contribution in [-0.2, 0) is 17.6 Å². The zero-order valence-electron chi connectivity index (χ0n) is 11.1. The third kappa shape index (κ3) is 2.81. The van der Waals surface area contributed by atoms with Gasteiger partial charge in [0, 0.05) is 31.2 Å². The third-order valence-corrected chi connectivity index (χ3v) is 3.52. The Balaban J connectivity index is 2.07. The number of nitrogens with one attached hydrogen (secondary N) is 1. The quantitative estimate of drug-likeness (QED) is 0.808. The highest BCUT2D eigenvalue weighted by Crippen LogP contribution is 2.20. The number of pyridine rings is 1. The number of rotatable bonds is 5. The van der Waals surface area contributed by atoms with Gasteiger partial charge in [-0.1, -0.05) is 6.07 Å². The molecule has 0 spiro atoms. The molecule has 1 atom stereocenters. The van der Waals surface area contributed by atoms with E-state index in [2.05, 4.69) is 29.4 Å². The average Bonchev–Trinajstić information content (AvgIpc) is 2.40. The van der Waals surface area contributed by atoms with Gasteiger partial charge in [-0.25, -0.2) is 4.98 Å². The highest BCUT2D eigenvalue weighted by Gasteiger charge is 2.14. The minimum atomic E-state index is 0.196. The Morgan fingerprint density at radius 2 is 2.39 bits per heavy atom. The van der Waals surface area contributed by atoms with E-state index in [1.165, 1.54) is 12.0 Å². The van der Waals surface area contributed by atoms with Crippen molar-refractivity contribution in [3.63, 3.8) is 0 Å². The van der Waals surface area contributed by atoms with Crippen molar-refractivity contribution in [1.82, 2.24) is 9.88 Å². The van der Waals surface area contributed by atoms with Crippen molar-refractivity contribution in [1.29, 1.82) is 0 Å². The molecule has 1 N–H and O–H groups in total. The van der Waals surface area contributed by atoms with Crippen molar-refractivity contribution in [3.8, 4) is 0 Å². The summed E-state index contributed by atoms with van der Waals surface area (Å²) in [5, 5.41) is 3.34. The lowest BCUT2D eigenvalue weighted by molar-refractivity contribution is -0.119. The summed E-state index contributed by atoms with van der Waals surface area (Å²) in [6.07, 6.45) is 4.02. The molecule has 1 aromatic heterocycles. The fraction of sp³-hybridized carbons (Fsp3) is 0.571. The van der Waals surface area contributed by atoms with Gasteiger partial charge in [0.25, 0.3) is 0 Å². The first-order valence-corrected chi connectivity index (χ1v) is 6.68. The molecule has 1 amide bonds. The molecule has 0 radical (unpaired) electrons. The van der Waals surface area contributed by atoms with Gasteiger partial charge in [0.1, 0.15) is 5.82 Å². The molecule has 0 fully saturated rings. The van der Waals surface area contributed by atoms with Crippen molar-refractivity contribution in [2.24, 2.45) is 0 Å². The zero-order valence-corrected chi connectivity index (χ0v) is 11.1. The van der Waals surface area contributed by atoms with Gasteiger partial charge in [-0.05, 0) is 38.3 Å². The van der Waals surface area contributed by atoms with Gasteiger partial charge in [0.15, 0.2) is 0 Å². The molecular weight excluding hydrogens is 226 g/mol. The second kappa shape index (κ2) is 5.85. The van der Waals surface area contributed by atoms with Crippen LogP contribution in [0.15, 0.2) is 12.1 Å². The molecular formula is C14H21N3O. The number of carbonyl (C=O) groups excluding carboxylic acids is 1. The highest BCUT2D eigenvalue weighted by atomic mass is 16.1. The van der Waals surface area contributed by atoms with Crippen molar-refractivity contribution in [2.45, 2.75) is 39.2 Å². The molecule has 0 saturated carbocycles. The van der Waals surface area contributed by atoms with Crippen LogP contribution in [0.2, 0.25) is 0 Å². The molecule has 0 saturated heterocycles. The van der Waals surface area contributed by atoms with Crippen LogP contribution in [0.4, 0.5) is 5.82 Å². The van der Waals surface area contributed by atoms with Crippen LogP contribution in [-0.4, -0.2) is 35.4 Å².